The van der Waals surface area contributed by atoms with Crippen LogP contribution < -0.4 is 0 Å². The fourth-order valence-electron chi connectivity index (χ4n) is 5.89. The standard InChI is InChI=1S/C51H80O9/c1-3-5-7-9-11-13-15-17-19-20-21-22-23-24-25-27-29-31-33-35-37-39-41-57-43-45(44-58-51-50(56)49(55)48(54)46(42-52)60-51)59-47(53)40-38-36-34-32-30-28-26-18-16-14-12-10-8-6-4-2/h5-8,11-14,17-19,21-22,24-26,29-32,45-46,48-52,54-56H,3-4,9-10,15-16,20,23,27-28,33-44H2,1-2H3/b7-5-,8-6-,13-11-,14-12-,19-17-,22-21-,25-24-,26-18-,31-29-,32-30-. The topological polar surface area (TPSA) is 135 Å². The Hall–Kier alpha value is -3.41. The molecule has 0 aromatic carbocycles. The summed E-state index contributed by atoms with van der Waals surface area (Å²) in [6.45, 7) is 4.15. The maximum atomic E-state index is 12.8. The van der Waals surface area contributed by atoms with Crippen LogP contribution in [0.3, 0.4) is 0 Å². The van der Waals surface area contributed by atoms with E-state index in [9.17, 15) is 25.2 Å². The lowest BCUT2D eigenvalue weighted by Crippen LogP contribution is -2.59. The molecule has 4 N–H and O–H groups in total. The maximum Gasteiger partial charge on any atom is 0.306 e. The van der Waals surface area contributed by atoms with Crippen molar-refractivity contribution in [3.63, 3.8) is 0 Å². The molecule has 1 heterocycles. The van der Waals surface area contributed by atoms with Gasteiger partial charge < -0.3 is 39.4 Å². The van der Waals surface area contributed by atoms with Crippen LogP contribution in [0.25, 0.3) is 0 Å². The van der Waals surface area contributed by atoms with E-state index in [4.69, 9.17) is 18.9 Å². The van der Waals surface area contributed by atoms with Gasteiger partial charge in [0.05, 0.1) is 19.8 Å². The van der Waals surface area contributed by atoms with Gasteiger partial charge in [0.2, 0.25) is 0 Å². The molecule has 0 aromatic rings. The van der Waals surface area contributed by atoms with Gasteiger partial charge in [-0.2, -0.15) is 0 Å². The number of unbranched alkanes of at least 4 members (excludes halogenated alkanes) is 5. The third-order valence-corrected chi connectivity index (χ3v) is 9.37. The van der Waals surface area contributed by atoms with Crippen molar-refractivity contribution in [1.82, 2.24) is 0 Å². The van der Waals surface area contributed by atoms with Crippen molar-refractivity contribution in [2.24, 2.45) is 0 Å². The highest BCUT2D eigenvalue weighted by Crippen LogP contribution is 2.22. The fraction of sp³-hybridized carbons (Fsp3) is 0.588. The lowest BCUT2D eigenvalue weighted by Gasteiger charge is -2.39. The highest BCUT2D eigenvalue weighted by molar-refractivity contribution is 5.69. The Morgan fingerprint density at radius 2 is 0.967 bits per heavy atom. The Morgan fingerprint density at radius 1 is 0.533 bits per heavy atom. The summed E-state index contributed by atoms with van der Waals surface area (Å²) in [5.41, 5.74) is 0. The monoisotopic (exact) mass is 837 g/mol. The van der Waals surface area contributed by atoms with Crippen molar-refractivity contribution in [3.05, 3.63) is 122 Å². The predicted molar refractivity (Wildman–Crippen MR) is 246 cm³/mol. The van der Waals surface area contributed by atoms with Gasteiger partial charge in [-0.05, 0) is 103 Å². The van der Waals surface area contributed by atoms with Crippen molar-refractivity contribution in [2.75, 3.05) is 26.4 Å². The molecule has 1 saturated heterocycles. The predicted octanol–water partition coefficient (Wildman–Crippen LogP) is 10.4. The Bertz CT molecular complexity index is 1320. The SMILES string of the molecule is CC/C=C\C/C=C\C/C=C\C/C=C\C/C=C\C/C=C\CCCCCOCC(COC1OC(CO)C(O)C(O)C1O)OC(=O)CCCC/C=C\C/C=C\C/C=C\C/C=C\CC. The Labute approximate surface area is 363 Å². The van der Waals surface area contributed by atoms with Gasteiger partial charge >= 0.3 is 5.97 Å². The normalized spacial score (nSPS) is 21.2. The number of ether oxygens (including phenoxy) is 4. The van der Waals surface area contributed by atoms with Crippen molar-refractivity contribution in [2.45, 2.75) is 166 Å². The van der Waals surface area contributed by atoms with Crippen LogP contribution in [0.5, 0.6) is 0 Å². The summed E-state index contributed by atoms with van der Waals surface area (Å²) < 4.78 is 22.7. The average molecular weight is 837 g/mol. The molecule has 1 aliphatic rings. The van der Waals surface area contributed by atoms with E-state index < -0.39 is 43.4 Å². The maximum absolute atomic E-state index is 12.8. The molecule has 60 heavy (non-hydrogen) atoms. The van der Waals surface area contributed by atoms with Gasteiger partial charge in [-0.25, -0.2) is 0 Å². The summed E-state index contributed by atoms with van der Waals surface area (Å²) in [4.78, 5) is 12.8. The molecule has 9 nitrogen and oxygen atoms in total. The third kappa shape index (κ3) is 31.5. The van der Waals surface area contributed by atoms with Gasteiger partial charge in [0.25, 0.3) is 0 Å². The third-order valence-electron chi connectivity index (χ3n) is 9.37. The van der Waals surface area contributed by atoms with E-state index in [1.165, 1.54) is 0 Å². The minimum atomic E-state index is -1.56. The van der Waals surface area contributed by atoms with Gasteiger partial charge in [-0.15, -0.1) is 0 Å². The molecule has 1 aliphatic heterocycles. The summed E-state index contributed by atoms with van der Waals surface area (Å²) in [6, 6.07) is 0. The van der Waals surface area contributed by atoms with Gasteiger partial charge in [0.15, 0.2) is 6.29 Å². The smallest absolute Gasteiger partial charge is 0.306 e. The van der Waals surface area contributed by atoms with E-state index in [1.54, 1.807) is 0 Å². The van der Waals surface area contributed by atoms with Crippen LogP contribution in [-0.4, -0.2) is 89.6 Å². The van der Waals surface area contributed by atoms with E-state index in [1.807, 2.05) is 0 Å². The fourth-order valence-corrected chi connectivity index (χ4v) is 5.89. The van der Waals surface area contributed by atoms with E-state index in [-0.39, 0.29) is 25.6 Å². The lowest BCUT2D eigenvalue weighted by atomic mass is 9.99. The zero-order valence-corrected chi connectivity index (χ0v) is 36.9. The molecule has 1 rings (SSSR count). The first-order valence-corrected chi connectivity index (χ1v) is 22.6. The highest BCUT2D eigenvalue weighted by atomic mass is 16.7. The van der Waals surface area contributed by atoms with E-state index in [0.29, 0.717) is 13.0 Å². The number of aliphatic hydroxyl groups excluding tert-OH is 4. The molecular formula is C51H80O9. The van der Waals surface area contributed by atoms with Crippen LogP contribution in [0, 0.1) is 0 Å². The quantitative estimate of drug-likeness (QED) is 0.0276. The number of carbonyl (C=O) groups excluding carboxylic acids is 1. The van der Waals surface area contributed by atoms with Crippen molar-refractivity contribution < 1.29 is 44.2 Å². The Morgan fingerprint density at radius 3 is 1.42 bits per heavy atom. The van der Waals surface area contributed by atoms with E-state index >= 15 is 0 Å². The summed E-state index contributed by atoms with van der Waals surface area (Å²) in [5.74, 6) is -0.373. The molecule has 0 bridgehead atoms. The Kier molecular flexibility index (Phi) is 37.3. The van der Waals surface area contributed by atoms with Crippen LogP contribution in [0.2, 0.25) is 0 Å². The van der Waals surface area contributed by atoms with Gasteiger partial charge in [-0.3, -0.25) is 4.79 Å². The average Bonchev–Trinajstić information content (AvgIpc) is 3.25. The van der Waals surface area contributed by atoms with Gasteiger partial charge in [-0.1, -0.05) is 142 Å². The first-order chi connectivity index (χ1) is 29.4. The summed E-state index contributed by atoms with van der Waals surface area (Å²) in [6.07, 6.45) is 52.3. The second kappa shape index (κ2) is 41.0. The number of hydrogen-bond donors (Lipinski definition) is 4. The van der Waals surface area contributed by atoms with E-state index in [0.717, 1.165) is 103 Å². The molecule has 6 unspecified atom stereocenters. The minimum Gasteiger partial charge on any atom is -0.457 e. The zero-order chi connectivity index (χ0) is 43.6. The number of carbonyl (C=O) groups is 1. The molecular weight excluding hydrogens is 757 g/mol. The van der Waals surface area contributed by atoms with Crippen molar-refractivity contribution >= 4 is 5.97 Å². The molecule has 1 fully saturated rings. The molecule has 0 aliphatic carbocycles. The molecule has 6 atom stereocenters. The molecule has 0 saturated carbocycles. The molecule has 0 amide bonds. The number of hydrogen-bond acceptors (Lipinski definition) is 9. The number of aliphatic hydroxyl groups is 4. The van der Waals surface area contributed by atoms with Crippen LogP contribution in [0.15, 0.2) is 122 Å². The molecule has 338 valence electrons. The summed E-state index contributed by atoms with van der Waals surface area (Å²) in [7, 11) is 0. The molecule has 0 spiro atoms. The summed E-state index contributed by atoms with van der Waals surface area (Å²) in [5, 5.41) is 40.1. The second-order valence-electron chi connectivity index (χ2n) is 14.7. The first kappa shape index (κ1) is 54.6. The first-order valence-electron chi connectivity index (χ1n) is 22.6. The zero-order valence-electron chi connectivity index (χ0n) is 36.9. The van der Waals surface area contributed by atoms with Gasteiger partial charge in [0, 0.05) is 13.0 Å². The van der Waals surface area contributed by atoms with Crippen LogP contribution in [-0.2, 0) is 23.7 Å². The highest BCUT2D eigenvalue weighted by Gasteiger charge is 2.44. The van der Waals surface area contributed by atoms with Crippen LogP contribution in [0.1, 0.15) is 129 Å². The lowest BCUT2D eigenvalue weighted by molar-refractivity contribution is -0.305. The Balaban J connectivity index is 2.33. The summed E-state index contributed by atoms with van der Waals surface area (Å²) >= 11 is 0. The minimum absolute atomic E-state index is 0.0955. The number of esters is 1. The number of rotatable bonds is 36. The van der Waals surface area contributed by atoms with Crippen LogP contribution in [0.4, 0.5) is 0 Å². The van der Waals surface area contributed by atoms with Crippen molar-refractivity contribution in [1.29, 1.82) is 0 Å². The van der Waals surface area contributed by atoms with Gasteiger partial charge in [0.1, 0.15) is 30.5 Å². The largest absolute Gasteiger partial charge is 0.457 e. The molecule has 0 aromatic heterocycles. The molecule has 9 heteroatoms. The van der Waals surface area contributed by atoms with Crippen molar-refractivity contribution in [3.8, 4) is 0 Å². The second-order valence-corrected chi connectivity index (χ2v) is 14.7. The number of allylic oxidation sites excluding steroid dienone is 20. The van der Waals surface area contributed by atoms with E-state index in [2.05, 4.69) is 135 Å². The molecule has 0 radical (unpaired) electrons. The van der Waals surface area contributed by atoms with Crippen LogP contribution >= 0.6 is 0 Å².